The van der Waals surface area contributed by atoms with Crippen molar-refractivity contribution in [2.24, 2.45) is 5.73 Å². The summed E-state index contributed by atoms with van der Waals surface area (Å²) in [4.78, 5) is 38.2. The molecule has 0 aromatic carbocycles. The highest BCUT2D eigenvalue weighted by Gasteiger charge is 2.19. The number of nitrogens with zero attached hydrogens (tertiary/aromatic N) is 2. The van der Waals surface area contributed by atoms with E-state index in [-0.39, 0.29) is 36.6 Å². The Morgan fingerprint density at radius 2 is 1.08 bits per heavy atom. The number of esters is 3. The van der Waals surface area contributed by atoms with Crippen molar-refractivity contribution in [3.05, 3.63) is 0 Å². The predicted octanol–water partition coefficient (Wildman–Crippen LogP) is 2.19. The van der Waals surface area contributed by atoms with Gasteiger partial charge in [-0.1, -0.05) is 6.92 Å². The Balaban J connectivity index is 0. The van der Waals surface area contributed by atoms with Gasteiger partial charge in [-0.3, -0.25) is 24.2 Å². The number of hydrogen-bond donors (Lipinski definition) is 2. The fourth-order valence-electron chi connectivity index (χ4n) is 2.94. The molecule has 0 aliphatic carbocycles. The van der Waals surface area contributed by atoms with Gasteiger partial charge in [-0.15, -0.1) is 0 Å². The van der Waals surface area contributed by atoms with Crippen molar-refractivity contribution in [1.29, 1.82) is 0 Å². The zero-order valence-corrected chi connectivity index (χ0v) is 24.8. The monoisotopic (exact) mass is 518 g/mol. The highest BCUT2D eigenvalue weighted by atomic mass is 16.6. The number of hydrogen-bond acceptors (Lipinski definition) is 10. The smallest absolute Gasteiger partial charge is 0.320 e. The van der Waals surface area contributed by atoms with Crippen molar-refractivity contribution >= 4 is 17.9 Å². The molecule has 0 fully saturated rings. The third kappa shape index (κ3) is 26.8. The zero-order valence-electron chi connectivity index (χ0n) is 24.8. The largest absolute Gasteiger partial charge is 0.460 e. The number of nitrogens with two attached hydrogens (primary N) is 1. The molecule has 0 saturated heterocycles. The molecule has 0 rings (SSSR count). The van der Waals surface area contributed by atoms with Gasteiger partial charge in [0.1, 0.15) is 16.8 Å². The molecule has 0 spiro atoms. The summed E-state index contributed by atoms with van der Waals surface area (Å²) in [7, 11) is 0. The molecule has 0 aromatic rings. The van der Waals surface area contributed by atoms with E-state index >= 15 is 0 Å². The Hall–Kier alpha value is -1.75. The van der Waals surface area contributed by atoms with Crippen LogP contribution in [0.15, 0.2) is 0 Å². The van der Waals surface area contributed by atoms with Crippen LogP contribution < -0.4 is 11.1 Å². The van der Waals surface area contributed by atoms with Gasteiger partial charge in [-0.25, -0.2) is 0 Å². The van der Waals surface area contributed by atoms with Crippen LogP contribution in [0.1, 0.15) is 76.2 Å². The van der Waals surface area contributed by atoms with E-state index in [0.29, 0.717) is 19.6 Å². The Bertz CT molecular complexity index is 636. The van der Waals surface area contributed by atoms with Gasteiger partial charge in [0.2, 0.25) is 0 Å². The van der Waals surface area contributed by atoms with Gasteiger partial charge >= 0.3 is 17.9 Å². The topological polar surface area (TPSA) is 123 Å². The van der Waals surface area contributed by atoms with E-state index in [1.54, 1.807) is 0 Å². The number of carbonyl (C=O) groups excluding carboxylic acids is 3. The van der Waals surface area contributed by atoms with E-state index in [9.17, 15) is 14.4 Å². The van der Waals surface area contributed by atoms with Crippen LogP contribution in [0.25, 0.3) is 0 Å². The Morgan fingerprint density at radius 3 is 1.39 bits per heavy atom. The van der Waals surface area contributed by atoms with Gasteiger partial charge < -0.3 is 25.3 Å². The standard InChI is InChI=1S/C20H42N4O4.C6H12O2/c1-8-23(15-17(25)27-19(2,3)4)13-10-22-11-14-24(12-9-21)16-18(26)28-20(5,6)7;1-5(7)8-6(2,3)4/h22H,8-16,21H2,1-7H3;1-4H3. The van der Waals surface area contributed by atoms with Gasteiger partial charge in [0.05, 0.1) is 13.1 Å². The predicted molar refractivity (Wildman–Crippen MR) is 144 cm³/mol. The average Bonchev–Trinajstić information content (AvgIpc) is 2.62. The van der Waals surface area contributed by atoms with Crippen LogP contribution in [-0.2, 0) is 28.6 Å². The highest BCUT2D eigenvalue weighted by molar-refractivity contribution is 5.72. The van der Waals surface area contributed by atoms with Crippen molar-refractivity contribution in [3.63, 3.8) is 0 Å². The second kappa shape index (κ2) is 17.7. The summed E-state index contributed by atoms with van der Waals surface area (Å²) in [6.45, 7) is 25.5. The minimum Gasteiger partial charge on any atom is -0.460 e. The molecule has 0 amide bonds. The fraction of sp³-hybridized carbons (Fsp3) is 0.885. The first-order valence-corrected chi connectivity index (χ1v) is 12.8. The first-order chi connectivity index (χ1) is 16.3. The van der Waals surface area contributed by atoms with Gasteiger partial charge in [-0.05, 0) is 68.9 Å². The number of rotatable bonds is 13. The SMILES string of the molecule is CC(=O)OC(C)(C)C.CCN(CCNCCN(CCN)CC(=O)OC(C)(C)C)CC(=O)OC(C)(C)C. The lowest BCUT2D eigenvalue weighted by Gasteiger charge is -2.25. The Kier molecular flexibility index (Phi) is 17.9. The molecular weight excluding hydrogens is 464 g/mol. The molecule has 0 aliphatic heterocycles. The lowest BCUT2D eigenvalue weighted by atomic mass is 10.2. The number of likely N-dealkylation sites (N-methyl/N-ethyl adjacent to an activating group) is 1. The second-order valence-corrected chi connectivity index (χ2v) is 11.6. The van der Waals surface area contributed by atoms with Crippen LogP contribution in [-0.4, -0.2) is 103 Å². The van der Waals surface area contributed by atoms with Gasteiger partial charge in [-0.2, -0.15) is 0 Å². The Morgan fingerprint density at radius 1 is 0.694 bits per heavy atom. The molecule has 0 unspecified atom stereocenters. The van der Waals surface area contributed by atoms with Crippen LogP contribution in [0.4, 0.5) is 0 Å². The van der Waals surface area contributed by atoms with E-state index in [0.717, 1.165) is 26.2 Å². The van der Waals surface area contributed by atoms with Crippen LogP contribution in [0, 0.1) is 0 Å². The Labute approximate surface area is 219 Å². The van der Waals surface area contributed by atoms with Crippen LogP contribution in [0.2, 0.25) is 0 Å². The molecule has 0 radical (unpaired) electrons. The molecule has 214 valence electrons. The first kappa shape index (κ1) is 36.4. The molecule has 0 aromatic heterocycles. The molecule has 0 saturated carbocycles. The normalized spacial score (nSPS) is 12.2. The quantitative estimate of drug-likeness (QED) is 0.213. The molecule has 0 bridgehead atoms. The maximum atomic E-state index is 12.0. The summed E-state index contributed by atoms with van der Waals surface area (Å²) in [6, 6.07) is 0. The maximum absolute atomic E-state index is 12.0. The second-order valence-electron chi connectivity index (χ2n) is 11.6. The van der Waals surface area contributed by atoms with Gasteiger partial charge in [0.25, 0.3) is 0 Å². The number of ether oxygens (including phenoxy) is 3. The molecule has 0 heterocycles. The van der Waals surface area contributed by atoms with E-state index in [1.165, 1.54) is 6.92 Å². The minimum absolute atomic E-state index is 0.208. The molecule has 3 N–H and O–H groups in total. The zero-order chi connectivity index (χ0) is 28.6. The summed E-state index contributed by atoms with van der Waals surface area (Å²) in [5.74, 6) is -0.672. The summed E-state index contributed by atoms with van der Waals surface area (Å²) >= 11 is 0. The fourth-order valence-corrected chi connectivity index (χ4v) is 2.94. The van der Waals surface area contributed by atoms with Crippen molar-refractivity contribution in [2.45, 2.75) is 93.0 Å². The average molecular weight is 519 g/mol. The molecule has 36 heavy (non-hydrogen) atoms. The summed E-state index contributed by atoms with van der Waals surface area (Å²) < 4.78 is 15.5. The van der Waals surface area contributed by atoms with E-state index in [4.69, 9.17) is 19.9 Å². The van der Waals surface area contributed by atoms with Gasteiger partial charge in [0, 0.05) is 46.2 Å². The minimum atomic E-state index is -0.485. The lowest BCUT2D eigenvalue weighted by molar-refractivity contribution is -0.157. The van der Waals surface area contributed by atoms with Crippen LogP contribution in [0.5, 0.6) is 0 Å². The molecule has 10 heteroatoms. The molecular formula is C26H54N4O6. The molecule has 10 nitrogen and oxygen atoms in total. The van der Waals surface area contributed by atoms with Gasteiger partial charge in [0.15, 0.2) is 0 Å². The molecule has 0 atom stereocenters. The van der Waals surface area contributed by atoms with E-state index < -0.39 is 11.2 Å². The number of carbonyl (C=O) groups is 3. The summed E-state index contributed by atoms with van der Waals surface area (Å²) in [6.07, 6.45) is 0. The van der Waals surface area contributed by atoms with Crippen molar-refractivity contribution < 1.29 is 28.6 Å². The summed E-state index contributed by atoms with van der Waals surface area (Å²) in [5, 5.41) is 3.35. The lowest BCUT2D eigenvalue weighted by Crippen LogP contribution is -2.42. The third-order valence-electron chi connectivity index (χ3n) is 4.10. The first-order valence-electron chi connectivity index (χ1n) is 12.8. The number of nitrogens with one attached hydrogen (secondary N) is 1. The van der Waals surface area contributed by atoms with Crippen molar-refractivity contribution in [3.8, 4) is 0 Å². The maximum Gasteiger partial charge on any atom is 0.320 e. The van der Waals surface area contributed by atoms with Crippen LogP contribution >= 0.6 is 0 Å². The molecule has 0 aliphatic rings. The van der Waals surface area contributed by atoms with Crippen molar-refractivity contribution in [1.82, 2.24) is 15.1 Å². The van der Waals surface area contributed by atoms with E-state index in [2.05, 4.69) is 5.32 Å². The van der Waals surface area contributed by atoms with Crippen LogP contribution in [0.3, 0.4) is 0 Å². The third-order valence-corrected chi connectivity index (χ3v) is 4.10. The van der Waals surface area contributed by atoms with E-state index in [1.807, 2.05) is 79.0 Å². The highest BCUT2D eigenvalue weighted by Crippen LogP contribution is 2.08. The van der Waals surface area contributed by atoms with Crippen molar-refractivity contribution in [2.75, 3.05) is 58.9 Å². The summed E-state index contributed by atoms with van der Waals surface area (Å²) in [5.41, 5.74) is 4.37.